The number of aryl methyl sites for hydroxylation is 1. The number of hydrogen-bond donors (Lipinski definition) is 0. The monoisotopic (exact) mass is 308 g/mol. The van der Waals surface area contributed by atoms with Crippen molar-refractivity contribution in [2.75, 3.05) is 0 Å². The zero-order valence-electron chi connectivity index (χ0n) is 9.97. The van der Waals surface area contributed by atoms with Crippen molar-refractivity contribution in [2.24, 2.45) is 0 Å². The average Bonchev–Trinajstić information content (AvgIpc) is 2.39. The lowest BCUT2D eigenvalue weighted by molar-refractivity contribution is 0.0595. The van der Waals surface area contributed by atoms with Gasteiger partial charge in [-0.25, -0.2) is 4.98 Å². The maximum Gasteiger partial charge on any atom is 0.269 e. The molecule has 18 heavy (non-hydrogen) atoms. The minimum atomic E-state index is -0.129. The summed E-state index contributed by atoms with van der Waals surface area (Å²) < 4.78 is 7.46. The average molecular weight is 309 g/mol. The first-order chi connectivity index (χ1) is 8.68. The maximum atomic E-state index is 11.8. The van der Waals surface area contributed by atoms with Crippen molar-refractivity contribution in [3.63, 3.8) is 0 Å². The van der Waals surface area contributed by atoms with Gasteiger partial charge in [-0.1, -0.05) is 30.3 Å². The van der Waals surface area contributed by atoms with Crippen LogP contribution in [0.3, 0.4) is 0 Å². The van der Waals surface area contributed by atoms with E-state index in [0.29, 0.717) is 16.9 Å². The largest absolute Gasteiger partial charge is 0.356 e. The molecule has 94 valence electrons. The van der Waals surface area contributed by atoms with Crippen molar-refractivity contribution in [3.8, 4) is 0 Å². The predicted molar refractivity (Wildman–Crippen MR) is 72.2 cm³/mol. The standard InChI is InChI=1S/C13H13BrN2O2/c1-10-15-7-12(14)13(17)16(10)9-18-8-11-5-3-2-4-6-11/h2-7H,8-9H2,1H3. The van der Waals surface area contributed by atoms with Crippen molar-refractivity contribution < 1.29 is 4.74 Å². The van der Waals surface area contributed by atoms with E-state index < -0.39 is 0 Å². The van der Waals surface area contributed by atoms with Crippen LogP contribution in [0.2, 0.25) is 0 Å². The van der Waals surface area contributed by atoms with Gasteiger partial charge in [0.05, 0.1) is 6.61 Å². The molecule has 0 saturated heterocycles. The summed E-state index contributed by atoms with van der Waals surface area (Å²) in [5, 5.41) is 0. The fourth-order valence-electron chi connectivity index (χ4n) is 1.53. The highest BCUT2D eigenvalue weighted by molar-refractivity contribution is 9.10. The second-order valence-electron chi connectivity index (χ2n) is 3.85. The zero-order valence-corrected chi connectivity index (χ0v) is 11.6. The van der Waals surface area contributed by atoms with Gasteiger partial charge >= 0.3 is 0 Å². The SMILES string of the molecule is Cc1ncc(Br)c(=O)n1COCc1ccccc1. The lowest BCUT2D eigenvalue weighted by Gasteiger charge is -2.10. The number of rotatable bonds is 4. The van der Waals surface area contributed by atoms with Gasteiger partial charge in [0.1, 0.15) is 17.0 Å². The molecule has 0 bridgehead atoms. The lowest BCUT2D eigenvalue weighted by atomic mass is 10.2. The number of ether oxygens (including phenoxy) is 1. The van der Waals surface area contributed by atoms with Gasteiger partial charge in [-0.15, -0.1) is 0 Å². The van der Waals surface area contributed by atoms with Gasteiger partial charge in [-0.05, 0) is 28.4 Å². The van der Waals surface area contributed by atoms with Crippen LogP contribution < -0.4 is 5.56 Å². The number of nitrogens with zero attached hydrogens (tertiary/aromatic N) is 2. The highest BCUT2D eigenvalue weighted by Gasteiger charge is 2.05. The van der Waals surface area contributed by atoms with Crippen molar-refractivity contribution in [3.05, 3.63) is 62.7 Å². The van der Waals surface area contributed by atoms with Gasteiger partial charge in [-0.3, -0.25) is 9.36 Å². The molecule has 1 aromatic heterocycles. The fourth-order valence-corrected chi connectivity index (χ4v) is 1.85. The van der Waals surface area contributed by atoms with Crippen LogP contribution in [0, 0.1) is 6.92 Å². The number of aromatic nitrogens is 2. The Balaban J connectivity index is 2.03. The maximum absolute atomic E-state index is 11.8. The molecule has 1 heterocycles. The van der Waals surface area contributed by atoms with Crippen LogP contribution in [0.25, 0.3) is 0 Å². The predicted octanol–water partition coefficient (Wildman–Crippen LogP) is 2.49. The van der Waals surface area contributed by atoms with Gasteiger partial charge in [0, 0.05) is 6.20 Å². The Bertz CT molecular complexity index is 581. The second kappa shape index (κ2) is 5.93. The molecule has 0 aliphatic rings. The third-order valence-electron chi connectivity index (χ3n) is 2.54. The zero-order chi connectivity index (χ0) is 13.0. The Labute approximate surface area is 113 Å². The Hall–Kier alpha value is -1.46. The van der Waals surface area contributed by atoms with Crippen LogP contribution in [0.5, 0.6) is 0 Å². The first-order valence-electron chi connectivity index (χ1n) is 5.52. The molecule has 0 atom stereocenters. The topological polar surface area (TPSA) is 44.1 Å². The quantitative estimate of drug-likeness (QED) is 0.871. The summed E-state index contributed by atoms with van der Waals surface area (Å²) in [6.07, 6.45) is 1.51. The van der Waals surface area contributed by atoms with Gasteiger partial charge in [0.2, 0.25) is 0 Å². The summed E-state index contributed by atoms with van der Waals surface area (Å²) in [6.45, 7) is 2.45. The Morgan fingerprint density at radius 1 is 1.33 bits per heavy atom. The van der Waals surface area contributed by atoms with Crippen molar-refractivity contribution >= 4 is 15.9 Å². The van der Waals surface area contributed by atoms with Gasteiger partial charge in [0.25, 0.3) is 5.56 Å². The number of halogens is 1. The van der Waals surface area contributed by atoms with E-state index in [-0.39, 0.29) is 12.3 Å². The van der Waals surface area contributed by atoms with Crippen LogP contribution >= 0.6 is 15.9 Å². The minimum Gasteiger partial charge on any atom is -0.356 e. The Morgan fingerprint density at radius 2 is 2.06 bits per heavy atom. The summed E-state index contributed by atoms with van der Waals surface area (Å²) in [4.78, 5) is 15.9. The molecule has 0 amide bonds. The first-order valence-corrected chi connectivity index (χ1v) is 6.31. The van der Waals surface area contributed by atoms with E-state index in [9.17, 15) is 4.79 Å². The van der Waals surface area contributed by atoms with Crippen LogP contribution in [0.4, 0.5) is 0 Å². The van der Waals surface area contributed by atoms with Gasteiger partial charge in [0.15, 0.2) is 0 Å². The summed E-state index contributed by atoms with van der Waals surface area (Å²) in [5.41, 5.74) is 0.946. The molecular weight excluding hydrogens is 296 g/mol. The fraction of sp³-hybridized carbons (Fsp3) is 0.231. The molecule has 0 radical (unpaired) electrons. The molecular formula is C13H13BrN2O2. The van der Waals surface area contributed by atoms with Crippen molar-refractivity contribution in [1.29, 1.82) is 0 Å². The summed E-state index contributed by atoms with van der Waals surface area (Å²) in [5.74, 6) is 0.635. The van der Waals surface area contributed by atoms with Gasteiger partial charge in [-0.2, -0.15) is 0 Å². The molecule has 0 aliphatic carbocycles. The van der Waals surface area contributed by atoms with Crippen molar-refractivity contribution in [1.82, 2.24) is 9.55 Å². The molecule has 5 heteroatoms. The smallest absolute Gasteiger partial charge is 0.269 e. The van der Waals surface area contributed by atoms with E-state index in [0.717, 1.165) is 5.56 Å². The molecule has 0 saturated carbocycles. The first kappa shape index (κ1) is 13.0. The third kappa shape index (κ3) is 3.05. The van der Waals surface area contributed by atoms with E-state index in [4.69, 9.17) is 4.74 Å². The lowest BCUT2D eigenvalue weighted by Crippen LogP contribution is -2.25. The Kier molecular flexibility index (Phi) is 4.28. The van der Waals surface area contributed by atoms with Crippen LogP contribution in [0.1, 0.15) is 11.4 Å². The van der Waals surface area contributed by atoms with E-state index in [2.05, 4.69) is 20.9 Å². The molecule has 0 fully saturated rings. The Morgan fingerprint density at radius 3 is 2.78 bits per heavy atom. The summed E-state index contributed by atoms with van der Waals surface area (Å²) >= 11 is 3.17. The molecule has 1 aromatic carbocycles. The number of hydrogen-bond acceptors (Lipinski definition) is 3. The highest BCUT2D eigenvalue weighted by atomic mass is 79.9. The van der Waals surface area contributed by atoms with E-state index in [1.165, 1.54) is 10.8 Å². The molecule has 0 spiro atoms. The van der Waals surface area contributed by atoms with E-state index in [1.54, 1.807) is 6.92 Å². The van der Waals surface area contributed by atoms with E-state index >= 15 is 0 Å². The molecule has 4 nitrogen and oxygen atoms in total. The van der Waals surface area contributed by atoms with Crippen LogP contribution in [-0.2, 0) is 18.1 Å². The normalized spacial score (nSPS) is 10.6. The van der Waals surface area contributed by atoms with Crippen molar-refractivity contribution in [2.45, 2.75) is 20.3 Å². The molecule has 0 N–H and O–H groups in total. The summed E-state index contributed by atoms with van der Waals surface area (Å²) in [6, 6.07) is 9.83. The minimum absolute atomic E-state index is 0.129. The highest BCUT2D eigenvalue weighted by Crippen LogP contribution is 2.04. The molecule has 2 aromatic rings. The summed E-state index contributed by atoms with van der Waals surface area (Å²) in [7, 11) is 0. The van der Waals surface area contributed by atoms with Crippen LogP contribution in [0.15, 0.2) is 45.8 Å². The molecule has 2 rings (SSSR count). The van der Waals surface area contributed by atoms with E-state index in [1.807, 2.05) is 30.3 Å². The molecule has 0 unspecified atom stereocenters. The van der Waals surface area contributed by atoms with Crippen LogP contribution in [-0.4, -0.2) is 9.55 Å². The van der Waals surface area contributed by atoms with Gasteiger partial charge < -0.3 is 4.74 Å². The molecule has 0 aliphatic heterocycles. The third-order valence-corrected chi connectivity index (χ3v) is 3.08. The number of benzene rings is 1. The second-order valence-corrected chi connectivity index (χ2v) is 4.70.